The fourth-order valence-corrected chi connectivity index (χ4v) is 3.61. The Morgan fingerprint density at radius 2 is 1.72 bits per heavy atom. The van der Waals surface area contributed by atoms with E-state index >= 15 is 0 Å². The minimum atomic E-state index is -0.705. The lowest BCUT2D eigenvalue weighted by Crippen LogP contribution is -2.39. The lowest BCUT2D eigenvalue weighted by atomic mass is 9.89. The van der Waals surface area contributed by atoms with E-state index in [-0.39, 0.29) is 24.3 Å². The second-order valence-electron chi connectivity index (χ2n) is 7.34. The number of nitrogens with zero attached hydrogens (tertiary/aromatic N) is 1. The number of nitrogens with one attached hydrogen (secondary N) is 1. The minimum Gasteiger partial charge on any atom is -0.482 e. The van der Waals surface area contributed by atoms with Crippen LogP contribution in [0.4, 0.5) is 5.69 Å². The van der Waals surface area contributed by atoms with Gasteiger partial charge in [0.1, 0.15) is 5.75 Å². The number of hydrogen-bond acceptors (Lipinski definition) is 6. The highest BCUT2D eigenvalue weighted by Crippen LogP contribution is 2.24. The molecule has 1 saturated heterocycles. The van der Waals surface area contributed by atoms with Gasteiger partial charge < -0.3 is 14.4 Å². The molecule has 0 spiro atoms. The lowest BCUT2D eigenvalue weighted by Gasteiger charge is -2.20. The average Bonchev–Trinajstić information content (AvgIpc) is 3.17. The summed E-state index contributed by atoms with van der Waals surface area (Å²) in [6.07, 6.45) is 6.10. The van der Waals surface area contributed by atoms with Gasteiger partial charge in [-0.25, -0.2) is 4.79 Å². The van der Waals surface area contributed by atoms with Crippen LogP contribution in [0, 0.1) is 5.92 Å². The van der Waals surface area contributed by atoms with E-state index in [0.717, 1.165) is 44.2 Å². The molecule has 0 bridgehead atoms. The van der Waals surface area contributed by atoms with Gasteiger partial charge in [-0.05, 0) is 43.5 Å². The van der Waals surface area contributed by atoms with Gasteiger partial charge in [-0.15, -0.1) is 0 Å². The number of esters is 1. The van der Waals surface area contributed by atoms with Gasteiger partial charge in [-0.1, -0.05) is 19.3 Å². The van der Waals surface area contributed by atoms with E-state index < -0.39 is 18.5 Å². The Morgan fingerprint density at radius 3 is 2.38 bits per heavy atom. The number of imide groups is 1. The van der Waals surface area contributed by atoms with Crippen molar-refractivity contribution in [2.45, 2.75) is 44.9 Å². The fourth-order valence-electron chi connectivity index (χ4n) is 3.61. The number of benzene rings is 1. The summed E-state index contributed by atoms with van der Waals surface area (Å²) in [5.41, 5.74) is 0.793. The van der Waals surface area contributed by atoms with E-state index in [9.17, 15) is 19.2 Å². The average molecular weight is 402 g/mol. The van der Waals surface area contributed by atoms with Crippen molar-refractivity contribution in [3.63, 3.8) is 0 Å². The molecule has 3 rings (SSSR count). The SMILES string of the molecule is O=C(COC(=O)COc1ccc(N2CCCC2=O)cc1)NC(=O)C1CCCCC1. The van der Waals surface area contributed by atoms with Crippen molar-refractivity contribution >= 4 is 29.4 Å². The summed E-state index contributed by atoms with van der Waals surface area (Å²) in [4.78, 5) is 49.0. The van der Waals surface area contributed by atoms with E-state index in [0.29, 0.717) is 18.7 Å². The van der Waals surface area contributed by atoms with E-state index in [1.807, 2.05) is 0 Å². The summed E-state index contributed by atoms with van der Waals surface area (Å²) in [6, 6.07) is 6.86. The normalized spacial score (nSPS) is 17.1. The van der Waals surface area contributed by atoms with Gasteiger partial charge in [0.2, 0.25) is 11.8 Å². The van der Waals surface area contributed by atoms with E-state index in [2.05, 4.69) is 5.32 Å². The third kappa shape index (κ3) is 6.04. The quantitative estimate of drug-likeness (QED) is 0.700. The Morgan fingerprint density at radius 1 is 1.00 bits per heavy atom. The van der Waals surface area contributed by atoms with Crippen molar-refractivity contribution in [1.29, 1.82) is 0 Å². The number of carbonyl (C=O) groups is 4. The van der Waals surface area contributed by atoms with Crippen molar-refractivity contribution in [2.24, 2.45) is 5.92 Å². The summed E-state index contributed by atoms with van der Waals surface area (Å²) in [5.74, 6) is -1.21. The first-order valence-electron chi connectivity index (χ1n) is 10.1. The van der Waals surface area contributed by atoms with Crippen LogP contribution in [0.15, 0.2) is 24.3 Å². The van der Waals surface area contributed by atoms with Gasteiger partial charge in [0.15, 0.2) is 13.2 Å². The zero-order valence-electron chi connectivity index (χ0n) is 16.4. The highest BCUT2D eigenvalue weighted by atomic mass is 16.6. The molecule has 1 aliphatic heterocycles. The van der Waals surface area contributed by atoms with Gasteiger partial charge in [0.25, 0.3) is 5.91 Å². The molecule has 1 aromatic rings. The number of hydrogen-bond donors (Lipinski definition) is 1. The topological polar surface area (TPSA) is 102 Å². The molecule has 1 aliphatic carbocycles. The third-order valence-corrected chi connectivity index (χ3v) is 5.18. The van der Waals surface area contributed by atoms with Crippen LogP contribution in [-0.4, -0.2) is 43.4 Å². The van der Waals surface area contributed by atoms with Gasteiger partial charge in [0.05, 0.1) is 0 Å². The summed E-state index contributed by atoms with van der Waals surface area (Å²) in [5, 5.41) is 2.29. The lowest BCUT2D eigenvalue weighted by molar-refractivity contribution is -0.151. The molecule has 0 aromatic heterocycles. The van der Waals surface area contributed by atoms with Crippen LogP contribution in [0.25, 0.3) is 0 Å². The molecule has 1 N–H and O–H groups in total. The molecular formula is C21H26N2O6. The van der Waals surface area contributed by atoms with Crippen molar-refractivity contribution in [2.75, 3.05) is 24.7 Å². The maximum absolute atomic E-state index is 12.0. The third-order valence-electron chi connectivity index (χ3n) is 5.18. The Hall–Kier alpha value is -2.90. The smallest absolute Gasteiger partial charge is 0.344 e. The van der Waals surface area contributed by atoms with Crippen molar-refractivity contribution in [1.82, 2.24) is 5.32 Å². The van der Waals surface area contributed by atoms with Crippen LogP contribution in [-0.2, 0) is 23.9 Å². The number of anilines is 1. The number of rotatable bonds is 7. The predicted octanol–water partition coefficient (Wildman–Crippen LogP) is 1.96. The molecule has 0 unspecified atom stereocenters. The number of carbonyl (C=O) groups excluding carboxylic acids is 4. The van der Waals surface area contributed by atoms with Crippen LogP contribution in [0.3, 0.4) is 0 Å². The molecular weight excluding hydrogens is 376 g/mol. The second-order valence-corrected chi connectivity index (χ2v) is 7.34. The second kappa shape index (κ2) is 10.0. The molecule has 1 heterocycles. The van der Waals surface area contributed by atoms with Crippen LogP contribution in [0.1, 0.15) is 44.9 Å². The van der Waals surface area contributed by atoms with Crippen molar-refractivity contribution in [3.8, 4) is 5.75 Å². The zero-order chi connectivity index (χ0) is 20.6. The highest BCUT2D eigenvalue weighted by Gasteiger charge is 2.23. The zero-order valence-corrected chi connectivity index (χ0v) is 16.4. The first-order chi connectivity index (χ1) is 14.0. The Balaban J connectivity index is 1.35. The van der Waals surface area contributed by atoms with Crippen LogP contribution in [0.5, 0.6) is 5.75 Å². The largest absolute Gasteiger partial charge is 0.482 e. The van der Waals surface area contributed by atoms with Crippen molar-refractivity contribution < 1.29 is 28.7 Å². The maximum Gasteiger partial charge on any atom is 0.344 e. The summed E-state index contributed by atoms with van der Waals surface area (Å²) >= 11 is 0. The van der Waals surface area contributed by atoms with Gasteiger partial charge in [-0.3, -0.25) is 19.7 Å². The molecule has 2 aliphatic rings. The molecule has 1 saturated carbocycles. The Bertz CT molecular complexity index is 755. The standard InChI is InChI=1S/C21H26N2O6/c24-18(22-21(27)15-5-2-1-3-6-15)13-29-20(26)14-28-17-10-8-16(9-11-17)23-12-4-7-19(23)25/h8-11,15H,1-7,12-14H2,(H,22,24,27). The van der Waals surface area contributed by atoms with E-state index in [1.165, 1.54) is 0 Å². The first-order valence-corrected chi connectivity index (χ1v) is 10.1. The Labute approximate surface area is 169 Å². The van der Waals surface area contributed by atoms with Crippen LogP contribution < -0.4 is 15.0 Å². The van der Waals surface area contributed by atoms with Crippen LogP contribution in [0.2, 0.25) is 0 Å². The van der Waals surface area contributed by atoms with Crippen LogP contribution >= 0.6 is 0 Å². The monoisotopic (exact) mass is 402 g/mol. The molecule has 8 nitrogen and oxygen atoms in total. The summed E-state index contributed by atoms with van der Waals surface area (Å²) < 4.78 is 10.2. The van der Waals surface area contributed by atoms with Crippen molar-refractivity contribution in [3.05, 3.63) is 24.3 Å². The summed E-state index contributed by atoms with van der Waals surface area (Å²) in [6.45, 7) is -0.167. The molecule has 0 atom stereocenters. The molecule has 29 heavy (non-hydrogen) atoms. The van der Waals surface area contributed by atoms with Gasteiger partial charge in [0, 0.05) is 24.6 Å². The molecule has 3 amide bonds. The molecule has 1 aromatic carbocycles. The van der Waals surface area contributed by atoms with E-state index in [1.54, 1.807) is 29.2 Å². The molecule has 8 heteroatoms. The fraction of sp³-hybridized carbons (Fsp3) is 0.524. The predicted molar refractivity (Wildman–Crippen MR) is 104 cm³/mol. The first kappa shape index (κ1) is 20.8. The Kier molecular flexibility index (Phi) is 7.21. The molecule has 156 valence electrons. The number of ether oxygens (including phenoxy) is 2. The molecule has 2 fully saturated rings. The van der Waals surface area contributed by atoms with E-state index in [4.69, 9.17) is 9.47 Å². The maximum atomic E-state index is 12.0. The molecule has 0 radical (unpaired) electrons. The van der Waals surface area contributed by atoms with Gasteiger partial charge in [-0.2, -0.15) is 0 Å². The number of amides is 3. The van der Waals surface area contributed by atoms with Gasteiger partial charge >= 0.3 is 5.97 Å². The summed E-state index contributed by atoms with van der Waals surface area (Å²) in [7, 11) is 0. The minimum absolute atomic E-state index is 0.0995. The highest BCUT2D eigenvalue weighted by molar-refractivity contribution is 5.97.